The Bertz CT molecular complexity index is 248. The van der Waals surface area contributed by atoms with E-state index < -0.39 is 18.4 Å². The summed E-state index contributed by atoms with van der Waals surface area (Å²) >= 11 is 0. The standard InChI is InChI=1S/C10H16O6/c1-8(7-9(11)12)10(13)16-6-5-15-4-3-14-2/h1,3-7H2,2H3,(H,11,12). The molecule has 0 aliphatic rings. The highest BCUT2D eigenvalue weighted by molar-refractivity contribution is 5.92. The second kappa shape index (κ2) is 8.87. The molecule has 0 saturated heterocycles. The van der Waals surface area contributed by atoms with Crippen molar-refractivity contribution in [1.82, 2.24) is 0 Å². The molecule has 0 aliphatic heterocycles. The molecule has 0 aromatic heterocycles. The van der Waals surface area contributed by atoms with E-state index in [9.17, 15) is 9.59 Å². The van der Waals surface area contributed by atoms with Crippen molar-refractivity contribution in [2.24, 2.45) is 0 Å². The summed E-state index contributed by atoms with van der Waals surface area (Å²) in [6, 6.07) is 0. The lowest BCUT2D eigenvalue weighted by Crippen LogP contribution is -2.15. The highest BCUT2D eigenvalue weighted by Crippen LogP contribution is 2.00. The number of hydrogen-bond acceptors (Lipinski definition) is 5. The minimum Gasteiger partial charge on any atom is -0.481 e. The molecule has 16 heavy (non-hydrogen) atoms. The zero-order chi connectivity index (χ0) is 12.4. The number of methoxy groups -OCH3 is 1. The normalized spacial score (nSPS) is 9.81. The number of carbonyl (C=O) groups excluding carboxylic acids is 1. The Morgan fingerprint density at radius 1 is 1.19 bits per heavy atom. The largest absolute Gasteiger partial charge is 0.481 e. The third-order valence-electron chi connectivity index (χ3n) is 1.55. The number of ether oxygens (including phenoxy) is 3. The summed E-state index contributed by atoms with van der Waals surface area (Å²) in [5, 5.41) is 8.39. The summed E-state index contributed by atoms with van der Waals surface area (Å²) in [4.78, 5) is 21.4. The van der Waals surface area contributed by atoms with Gasteiger partial charge in [0.1, 0.15) is 6.61 Å². The molecule has 0 atom stereocenters. The maximum absolute atomic E-state index is 11.1. The molecule has 0 fully saturated rings. The van der Waals surface area contributed by atoms with Gasteiger partial charge in [0.15, 0.2) is 0 Å². The number of carbonyl (C=O) groups is 2. The van der Waals surface area contributed by atoms with Gasteiger partial charge < -0.3 is 19.3 Å². The van der Waals surface area contributed by atoms with Crippen molar-refractivity contribution in [2.75, 3.05) is 33.5 Å². The molecule has 0 radical (unpaired) electrons. The zero-order valence-electron chi connectivity index (χ0n) is 9.23. The Balaban J connectivity index is 3.50. The average molecular weight is 232 g/mol. The summed E-state index contributed by atoms with van der Waals surface area (Å²) in [7, 11) is 1.55. The van der Waals surface area contributed by atoms with Gasteiger partial charge in [-0.15, -0.1) is 0 Å². The van der Waals surface area contributed by atoms with E-state index in [1.807, 2.05) is 0 Å². The van der Waals surface area contributed by atoms with Gasteiger partial charge in [-0.3, -0.25) is 4.79 Å². The third kappa shape index (κ3) is 7.95. The summed E-state index contributed by atoms with van der Waals surface area (Å²) in [6.07, 6.45) is -0.413. The Morgan fingerprint density at radius 3 is 2.38 bits per heavy atom. The Hall–Kier alpha value is -1.40. The lowest BCUT2D eigenvalue weighted by molar-refractivity contribution is -0.143. The van der Waals surface area contributed by atoms with Gasteiger partial charge in [0, 0.05) is 12.7 Å². The van der Waals surface area contributed by atoms with Gasteiger partial charge in [-0.05, 0) is 0 Å². The summed E-state index contributed by atoms with van der Waals surface area (Å²) in [6.45, 7) is 4.52. The first-order valence-corrected chi connectivity index (χ1v) is 4.71. The zero-order valence-corrected chi connectivity index (χ0v) is 9.23. The van der Waals surface area contributed by atoms with Crippen LogP contribution < -0.4 is 0 Å². The van der Waals surface area contributed by atoms with Crippen molar-refractivity contribution in [2.45, 2.75) is 6.42 Å². The molecule has 92 valence electrons. The highest BCUT2D eigenvalue weighted by atomic mass is 16.6. The molecule has 0 saturated carbocycles. The Kier molecular flexibility index (Phi) is 8.10. The van der Waals surface area contributed by atoms with Crippen molar-refractivity contribution in [3.05, 3.63) is 12.2 Å². The quantitative estimate of drug-likeness (QED) is 0.348. The van der Waals surface area contributed by atoms with Crippen LogP contribution in [0.5, 0.6) is 0 Å². The van der Waals surface area contributed by atoms with Crippen molar-refractivity contribution in [3.8, 4) is 0 Å². The topological polar surface area (TPSA) is 82.1 Å². The maximum atomic E-state index is 11.1. The third-order valence-corrected chi connectivity index (χ3v) is 1.55. The number of carboxylic acid groups (broad SMARTS) is 1. The predicted octanol–water partition coefficient (Wildman–Crippen LogP) is 0.223. The van der Waals surface area contributed by atoms with E-state index in [0.29, 0.717) is 13.2 Å². The molecular weight excluding hydrogens is 216 g/mol. The average Bonchev–Trinajstić information content (AvgIpc) is 2.21. The number of carboxylic acids is 1. The maximum Gasteiger partial charge on any atom is 0.334 e. The van der Waals surface area contributed by atoms with Crippen LogP contribution in [-0.4, -0.2) is 50.6 Å². The fourth-order valence-corrected chi connectivity index (χ4v) is 0.794. The molecule has 0 rings (SSSR count). The number of rotatable bonds is 9. The van der Waals surface area contributed by atoms with Crippen molar-refractivity contribution in [3.63, 3.8) is 0 Å². The van der Waals surface area contributed by atoms with Crippen molar-refractivity contribution >= 4 is 11.9 Å². The highest BCUT2D eigenvalue weighted by Gasteiger charge is 2.11. The van der Waals surface area contributed by atoms with E-state index in [4.69, 9.17) is 19.3 Å². The van der Waals surface area contributed by atoms with Gasteiger partial charge in [0.2, 0.25) is 0 Å². The van der Waals surface area contributed by atoms with E-state index >= 15 is 0 Å². The van der Waals surface area contributed by atoms with E-state index in [1.165, 1.54) is 0 Å². The number of aliphatic carboxylic acids is 1. The second-order valence-corrected chi connectivity index (χ2v) is 2.92. The summed E-state index contributed by atoms with van der Waals surface area (Å²) < 4.78 is 14.5. The molecule has 0 aliphatic carbocycles. The lowest BCUT2D eigenvalue weighted by atomic mass is 10.2. The van der Waals surface area contributed by atoms with Crippen LogP contribution in [0.4, 0.5) is 0 Å². The molecule has 0 aromatic rings. The van der Waals surface area contributed by atoms with Crippen LogP contribution >= 0.6 is 0 Å². The molecule has 0 aromatic carbocycles. The van der Waals surface area contributed by atoms with Gasteiger partial charge in [0.05, 0.1) is 26.2 Å². The summed E-state index contributed by atoms with van der Waals surface area (Å²) in [5.41, 5.74) is -0.0793. The van der Waals surface area contributed by atoms with Crippen molar-refractivity contribution < 1.29 is 28.9 Å². The first kappa shape index (κ1) is 14.6. The molecule has 0 unspecified atom stereocenters. The van der Waals surface area contributed by atoms with Gasteiger partial charge >= 0.3 is 11.9 Å². The van der Waals surface area contributed by atoms with E-state index in [2.05, 4.69) is 6.58 Å². The molecule has 6 nitrogen and oxygen atoms in total. The molecule has 0 bridgehead atoms. The molecular formula is C10H16O6. The van der Waals surface area contributed by atoms with Gasteiger partial charge in [-0.1, -0.05) is 6.58 Å². The van der Waals surface area contributed by atoms with E-state index in [1.54, 1.807) is 7.11 Å². The molecule has 6 heteroatoms. The Labute approximate surface area is 93.8 Å². The first-order valence-electron chi connectivity index (χ1n) is 4.71. The van der Waals surface area contributed by atoms with Crippen LogP contribution in [0.15, 0.2) is 12.2 Å². The number of esters is 1. The van der Waals surface area contributed by atoms with Gasteiger partial charge in [0.25, 0.3) is 0 Å². The molecule has 0 amide bonds. The molecule has 0 heterocycles. The van der Waals surface area contributed by atoms with Crippen LogP contribution in [0.1, 0.15) is 6.42 Å². The molecule has 0 spiro atoms. The van der Waals surface area contributed by atoms with Crippen LogP contribution in [0, 0.1) is 0 Å². The minimum absolute atomic E-state index is 0.0706. The van der Waals surface area contributed by atoms with E-state index in [-0.39, 0.29) is 18.8 Å². The lowest BCUT2D eigenvalue weighted by Gasteiger charge is -2.06. The van der Waals surface area contributed by atoms with Crippen LogP contribution in [-0.2, 0) is 23.8 Å². The Morgan fingerprint density at radius 2 is 1.81 bits per heavy atom. The van der Waals surface area contributed by atoms with E-state index in [0.717, 1.165) is 0 Å². The smallest absolute Gasteiger partial charge is 0.334 e. The fraction of sp³-hybridized carbons (Fsp3) is 0.600. The van der Waals surface area contributed by atoms with Crippen LogP contribution in [0.25, 0.3) is 0 Å². The monoisotopic (exact) mass is 232 g/mol. The fourth-order valence-electron chi connectivity index (χ4n) is 0.794. The summed E-state index contributed by atoms with van der Waals surface area (Å²) in [5.74, 6) is -1.82. The first-order chi connectivity index (χ1) is 7.57. The van der Waals surface area contributed by atoms with Crippen LogP contribution in [0.2, 0.25) is 0 Å². The number of hydrogen-bond donors (Lipinski definition) is 1. The SMILES string of the molecule is C=C(CC(=O)O)C(=O)OCCOCCOC. The predicted molar refractivity (Wildman–Crippen MR) is 55.0 cm³/mol. The van der Waals surface area contributed by atoms with Gasteiger partial charge in [-0.2, -0.15) is 0 Å². The molecule has 1 N–H and O–H groups in total. The van der Waals surface area contributed by atoms with Gasteiger partial charge in [-0.25, -0.2) is 4.79 Å². The second-order valence-electron chi connectivity index (χ2n) is 2.92. The van der Waals surface area contributed by atoms with Crippen molar-refractivity contribution in [1.29, 1.82) is 0 Å². The van der Waals surface area contributed by atoms with Crippen LogP contribution in [0.3, 0.4) is 0 Å². The minimum atomic E-state index is -1.11.